The van der Waals surface area contributed by atoms with Gasteiger partial charge in [0, 0.05) is 19.0 Å². The average Bonchev–Trinajstić information content (AvgIpc) is 2.28. The van der Waals surface area contributed by atoms with Crippen LogP contribution in [-0.2, 0) is 4.79 Å². The van der Waals surface area contributed by atoms with E-state index in [-0.39, 0.29) is 11.9 Å². The number of carbonyl (C=O) groups is 1. The van der Waals surface area contributed by atoms with Crippen molar-refractivity contribution in [2.45, 2.75) is 46.2 Å². The lowest BCUT2D eigenvalue weighted by atomic mass is 10.0. The summed E-state index contributed by atoms with van der Waals surface area (Å²) in [7, 11) is 0. The summed E-state index contributed by atoms with van der Waals surface area (Å²) in [5.41, 5.74) is 2.40. The van der Waals surface area contributed by atoms with Crippen LogP contribution in [0.2, 0.25) is 0 Å². The molecule has 0 saturated heterocycles. The highest BCUT2D eigenvalue weighted by atomic mass is 16.1. The van der Waals surface area contributed by atoms with Gasteiger partial charge in [0.25, 0.3) is 0 Å². The summed E-state index contributed by atoms with van der Waals surface area (Å²) in [5, 5.41) is 6.27. The monoisotopic (exact) mass is 248 g/mol. The van der Waals surface area contributed by atoms with Crippen LogP contribution in [-0.4, -0.2) is 18.5 Å². The van der Waals surface area contributed by atoms with Gasteiger partial charge in [-0.15, -0.1) is 0 Å². The standard InChI is InChI=1S/C15H24N2O/c1-11(2)16-10-9-15(18)17-13(4)14-8-6-5-7-12(14)3/h5-8,11,13,16H,9-10H2,1-4H3,(H,17,18)/t13-/m0/s1. The molecule has 2 N–H and O–H groups in total. The SMILES string of the molecule is Cc1ccccc1[C@H](C)NC(=O)CCNC(C)C. The van der Waals surface area contributed by atoms with Crippen LogP contribution in [0.15, 0.2) is 24.3 Å². The molecule has 1 aromatic carbocycles. The fourth-order valence-electron chi connectivity index (χ4n) is 1.94. The Labute approximate surface area is 110 Å². The molecule has 0 bridgehead atoms. The maximum atomic E-state index is 11.8. The highest BCUT2D eigenvalue weighted by molar-refractivity contribution is 5.76. The van der Waals surface area contributed by atoms with E-state index < -0.39 is 0 Å². The van der Waals surface area contributed by atoms with Crippen molar-refractivity contribution >= 4 is 5.91 Å². The third-order valence-corrected chi connectivity index (χ3v) is 2.94. The van der Waals surface area contributed by atoms with Crippen molar-refractivity contribution in [3.63, 3.8) is 0 Å². The molecule has 0 heterocycles. The Morgan fingerprint density at radius 3 is 2.50 bits per heavy atom. The van der Waals surface area contributed by atoms with Crippen molar-refractivity contribution in [3.8, 4) is 0 Å². The number of hydrogen-bond donors (Lipinski definition) is 2. The minimum Gasteiger partial charge on any atom is -0.350 e. The molecular formula is C15H24N2O. The molecule has 18 heavy (non-hydrogen) atoms. The normalized spacial score (nSPS) is 12.5. The fourth-order valence-corrected chi connectivity index (χ4v) is 1.94. The minimum atomic E-state index is 0.0674. The van der Waals surface area contributed by atoms with Crippen LogP contribution in [0.5, 0.6) is 0 Å². The first kappa shape index (κ1) is 14.7. The van der Waals surface area contributed by atoms with E-state index >= 15 is 0 Å². The first-order chi connectivity index (χ1) is 8.50. The number of amides is 1. The van der Waals surface area contributed by atoms with Gasteiger partial charge in [0.1, 0.15) is 0 Å². The lowest BCUT2D eigenvalue weighted by Crippen LogP contribution is -2.32. The van der Waals surface area contributed by atoms with Crippen LogP contribution in [0.4, 0.5) is 0 Å². The van der Waals surface area contributed by atoms with E-state index in [4.69, 9.17) is 0 Å². The van der Waals surface area contributed by atoms with Gasteiger partial charge in [-0.05, 0) is 25.0 Å². The number of rotatable bonds is 6. The average molecular weight is 248 g/mol. The second kappa shape index (κ2) is 7.17. The topological polar surface area (TPSA) is 41.1 Å². The third-order valence-electron chi connectivity index (χ3n) is 2.94. The number of benzene rings is 1. The van der Waals surface area contributed by atoms with E-state index in [9.17, 15) is 4.79 Å². The molecule has 0 aliphatic heterocycles. The first-order valence-electron chi connectivity index (χ1n) is 6.59. The fraction of sp³-hybridized carbons (Fsp3) is 0.533. The molecule has 1 atom stereocenters. The third kappa shape index (κ3) is 4.88. The van der Waals surface area contributed by atoms with Gasteiger partial charge in [0.2, 0.25) is 5.91 Å². The van der Waals surface area contributed by atoms with Crippen molar-refractivity contribution in [2.24, 2.45) is 0 Å². The molecule has 0 aliphatic rings. The summed E-state index contributed by atoms with van der Waals surface area (Å²) in [4.78, 5) is 11.8. The van der Waals surface area contributed by atoms with Gasteiger partial charge in [-0.25, -0.2) is 0 Å². The van der Waals surface area contributed by atoms with Crippen molar-refractivity contribution in [2.75, 3.05) is 6.54 Å². The Balaban J connectivity index is 2.42. The molecule has 1 rings (SSSR count). The zero-order valence-corrected chi connectivity index (χ0v) is 11.8. The van der Waals surface area contributed by atoms with E-state index in [2.05, 4.69) is 43.5 Å². The van der Waals surface area contributed by atoms with E-state index in [0.29, 0.717) is 12.5 Å². The van der Waals surface area contributed by atoms with Crippen molar-refractivity contribution in [1.29, 1.82) is 0 Å². The first-order valence-corrected chi connectivity index (χ1v) is 6.59. The Bertz CT molecular complexity index is 388. The Hall–Kier alpha value is -1.35. The summed E-state index contributed by atoms with van der Waals surface area (Å²) >= 11 is 0. The van der Waals surface area contributed by atoms with Crippen LogP contribution in [0.3, 0.4) is 0 Å². The molecule has 3 heteroatoms. The van der Waals surface area contributed by atoms with Crippen LogP contribution < -0.4 is 10.6 Å². The van der Waals surface area contributed by atoms with Gasteiger partial charge in [0.05, 0.1) is 6.04 Å². The molecule has 0 spiro atoms. The molecule has 1 amide bonds. The smallest absolute Gasteiger partial charge is 0.221 e. The summed E-state index contributed by atoms with van der Waals surface area (Å²) in [6, 6.07) is 8.64. The van der Waals surface area contributed by atoms with Gasteiger partial charge in [-0.3, -0.25) is 4.79 Å². The van der Waals surface area contributed by atoms with E-state index in [1.54, 1.807) is 0 Å². The Morgan fingerprint density at radius 2 is 1.89 bits per heavy atom. The molecule has 0 unspecified atom stereocenters. The second-order valence-electron chi connectivity index (χ2n) is 5.00. The summed E-state index contributed by atoms with van der Waals surface area (Å²) in [5.74, 6) is 0.0962. The predicted octanol–water partition coefficient (Wildman–Crippen LogP) is 2.56. The van der Waals surface area contributed by atoms with Crippen LogP contribution in [0.25, 0.3) is 0 Å². The zero-order chi connectivity index (χ0) is 13.5. The Kier molecular flexibility index (Phi) is 5.86. The molecule has 0 aromatic heterocycles. The molecule has 3 nitrogen and oxygen atoms in total. The second-order valence-corrected chi connectivity index (χ2v) is 5.00. The van der Waals surface area contributed by atoms with Crippen molar-refractivity contribution in [1.82, 2.24) is 10.6 Å². The van der Waals surface area contributed by atoms with E-state index in [1.165, 1.54) is 11.1 Å². The van der Waals surface area contributed by atoms with Crippen molar-refractivity contribution < 1.29 is 4.79 Å². The molecular weight excluding hydrogens is 224 g/mol. The quantitative estimate of drug-likeness (QED) is 0.812. The summed E-state index contributed by atoms with van der Waals surface area (Å²) in [6.45, 7) is 8.97. The molecule has 0 aliphatic carbocycles. The zero-order valence-electron chi connectivity index (χ0n) is 11.8. The number of carbonyl (C=O) groups excluding carboxylic acids is 1. The largest absolute Gasteiger partial charge is 0.350 e. The summed E-state index contributed by atoms with van der Waals surface area (Å²) in [6.07, 6.45) is 0.522. The lowest BCUT2D eigenvalue weighted by molar-refractivity contribution is -0.121. The molecule has 1 aromatic rings. The predicted molar refractivity (Wildman–Crippen MR) is 75.5 cm³/mol. The van der Waals surface area contributed by atoms with Gasteiger partial charge in [-0.1, -0.05) is 38.1 Å². The maximum absolute atomic E-state index is 11.8. The van der Waals surface area contributed by atoms with Gasteiger partial charge in [-0.2, -0.15) is 0 Å². The van der Waals surface area contributed by atoms with Crippen LogP contribution in [0, 0.1) is 6.92 Å². The highest BCUT2D eigenvalue weighted by Crippen LogP contribution is 2.16. The highest BCUT2D eigenvalue weighted by Gasteiger charge is 2.10. The number of aryl methyl sites for hydroxylation is 1. The van der Waals surface area contributed by atoms with Crippen molar-refractivity contribution in [3.05, 3.63) is 35.4 Å². The lowest BCUT2D eigenvalue weighted by Gasteiger charge is -2.17. The van der Waals surface area contributed by atoms with E-state index in [1.807, 2.05) is 19.1 Å². The van der Waals surface area contributed by atoms with Crippen LogP contribution in [0.1, 0.15) is 44.4 Å². The van der Waals surface area contributed by atoms with E-state index in [0.717, 1.165) is 6.54 Å². The summed E-state index contributed by atoms with van der Waals surface area (Å²) < 4.78 is 0. The van der Waals surface area contributed by atoms with Gasteiger partial charge < -0.3 is 10.6 Å². The maximum Gasteiger partial charge on any atom is 0.221 e. The van der Waals surface area contributed by atoms with Crippen LogP contribution >= 0.6 is 0 Å². The number of nitrogens with one attached hydrogen (secondary N) is 2. The molecule has 0 radical (unpaired) electrons. The molecule has 100 valence electrons. The minimum absolute atomic E-state index is 0.0674. The van der Waals surface area contributed by atoms with Gasteiger partial charge >= 0.3 is 0 Å². The number of hydrogen-bond acceptors (Lipinski definition) is 2. The molecule has 0 fully saturated rings. The Morgan fingerprint density at radius 1 is 1.22 bits per heavy atom. The molecule has 0 saturated carbocycles. The van der Waals surface area contributed by atoms with Gasteiger partial charge in [0.15, 0.2) is 0 Å².